The van der Waals surface area contributed by atoms with Crippen molar-refractivity contribution in [3.8, 4) is 5.82 Å². The Bertz CT molecular complexity index is 904. The van der Waals surface area contributed by atoms with E-state index in [9.17, 15) is 14.9 Å². The highest BCUT2D eigenvalue weighted by Gasteiger charge is 2.17. The minimum atomic E-state index is -0.578. The Morgan fingerprint density at radius 1 is 1.21 bits per heavy atom. The Hall–Kier alpha value is -3.62. The van der Waals surface area contributed by atoms with Gasteiger partial charge in [0.05, 0.1) is 4.92 Å². The molecule has 120 valence electrons. The van der Waals surface area contributed by atoms with Gasteiger partial charge < -0.3 is 5.32 Å². The van der Waals surface area contributed by atoms with Crippen LogP contribution in [0.5, 0.6) is 0 Å². The molecule has 1 N–H and O–H groups in total. The Kier molecular flexibility index (Phi) is 3.98. The van der Waals surface area contributed by atoms with Gasteiger partial charge in [0.15, 0.2) is 11.5 Å². The monoisotopic (exact) mass is 324 g/mol. The number of nitro benzene ring substituents is 1. The summed E-state index contributed by atoms with van der Waals surface area (Å²) in [7, 11) is 0. The molecular formula is C15H12N6O3. The van der Waals surface area contributed by atoms with Crippen LogP contribution in [0.25, 0.3) is 5.82 Å². The van der Waals surface area contributed by atoms with Gasteiger partial charge in [-0.15, -0.1) is 10.2 Å². The van der Waals surface area contributed by atoms with Crippen LogP contribution in [-0.2, 0) is 0 Å². The first-order valence-electron chi connectivity index (χ1n) is 6.95. The van der Waals surface area contributed by atoms with Crippen LogP contribution >= 0.6 is 0 Å². The van der Waals surface area contributed by atoms with Crippen molar-refractivity contribution in [2.24, 2.45) is 0 Å². The van der Waals surface area contributed by atoms with Gasteiger partial charge in [0.1, 0.15) is 11.5 Å². The van der Waals surface area contributed by atoms with Gasteiger partial charge in [-0.05, 0) is 25.1 Å². The van der Waals surface area contributed by atoms with Crippen LogP contribution in [0.1, 0.15) is 16.3 Å². The van der Waals surface area contributed by atoms with Gasteiger partial charge in [0.2, 0.25) is 0 Å². The second kappa shape index (κ2) is 6.24. The first-order chi connectivity index (χ1) is 11.6. The topological polar surface area (TPSA) is 116 Å². The molecule has 0 radical (unpaired) electrons. The summed E-state index contributed by atoms with van der Waals surface area (Å²) in [5.41, 5.74) is -0.0389. The Labute approximate surface area is 136 Å². The molecule has 0 aliphatic carbocycles. The van der Waals surface area contributed by atoms with Crippen molar-refractivity contribution in [1.82, 2.24) is 19.7 Å². The van der Waals surface area contributed by atoms with E-state index in [4.69, 9.17) is 0 Å². The predicted octanol–water partition coefficient (Wildman–Crippen LogP) is 2.13. The third kappa shape index (κ3) is 2.95. The van der Waals surface area contributed by atoms with Crippen LogP contribution in [0.2, 0.25) is 0 Å². The molecule has 2 heterocycles. The second-order valence-electron chi connectivity index (χ2n) is 4.85. The number of nitrogens with zero attached hydrogens (tertiary/aromatic N) is 5. The number of nitrogens with one attached hydrogen (secondary N) is 1. The molecule has 9 heteroatoms. The summed E-state index contributed by atoms with van der Waals surface area (Å²) < 4.78 is 1.72. The van der Waals surface area contributed by atoms with Crippen molar-refractivity contribution in [1.29, 1.82) is 0 Å². The Balaban J connectivity index is 1.82. The van der Waals surface area contributed by atoms with Crippen LogP contribution in [0.4, 0.5) is 11.4 Å². The van der Waals surface area contributed by atoms with Crippen LogP contribution in [0.3, 0.4) is 0 Å². The number of carbonyl (C=O) groups is 1. The van der Waals surface area contributed by atoms with E-state index in [0.29, 0.717) is 5.82 Å². The molecule has 24 heavy (non-hydrogen) atoms. The van der Waals surface area contributed by atoms with Gasteiger partial charge in [-0.25, -0.2) is 4.98 Å². The van der Waals surface area contributed by atoms with Gasteiger partial charge in [0.25, 0.3) is 11.6 Å². The van der Waals surface area contributed by atoms with Gasteiger partial charge in [-0.1, -0.05) is 12.1 Å². The average Bonchev–Trinajstić information content (AvgIpc) is 3.01. The number of benzene rings is 1. The number of amides is 1. The maximum Gasteiger partial charge on any atom is 0.292 e. The van der Waals surface area contributed by atoms with E-state index in [2.05, 4.69) is 20.5 Å². The van der Waals surface area contributed by atoms with Crippen LogP contribution in [0, 0.1) is 17.0 Å². The van der Waals surface area contributed by atoms with E-state index in [-0.39, 0.29) is 17.1 Å². The smallest absolute Gasteiger partial charge is 0.292 e. The first-order valence-corrected chi connectivity index (χ1v) is 6.95. The number of carbonyl (C=O) groups excluding carboxylic acids is 1. The zero-order valence-corrected chi connectivity index (χ0v) is 12.6. The number of anilines is 1. The molecule has 1 aromatic carbocycles. The number of aryl methyl sites for hydroxylation is 1. The highest BCUT2D eigenvalue weighted by atomic mass is 16.6. The van der Waals surface area contributed by atoms with E-state index in [0.717, 1.165) is 5.82 Å². The molecule has 0 unspecified atom stereocenters. The SMILES string of the molecule is Cc1nccn1-c1ccc(C(=O)Nc2ccccc2[N+](=O)[O-])nn1. The van der Waals surface area contributed by atoms with Gasteiger partial charge in [-0.2, -0.15) is 0 Å². The third-order valence-corrected chi connectivity index (χ3v) is 3.30. The van der Waals surface area contributed by atoms with Crippen molar-refractivity contribution in [3.63, 3.8) is 0 Å². The Morgan fingerprint density at radius 3 is 2.62 bits per heavy atom. The number of aromatic nitrogens is 4. The molecule has 0 saturated heterocycles. The predicted molar refractivity (Wildman–Crippen MR) is 84.9 cm³/mol. The van der Waals surface area contributed by atoms with E-state index in [1.165, 1.54) is 24.3 Å². The highest BCUT2D eigenvalue weighted by molar-refractivity contribution is 6.03. The quantitative estimate of drug-likeness (QED) is 0.580. The first kappa shape index (κ1) is 15.3. The number of nitro groups is 1. The zero-order valence-electron chi connectivity index (χ0n) is 12.6. The van der Waals surface area contributed by atoms with E-state index < -0.39 is 10.8 Å². The second-order valence-corrected chi connectivity index (χ2v) is 4.85. The number of para-hydroxylation sites is 2. The number of rotatable bonds is 4. The molecule has 2 aromatic heterocycles. The lowest BCUT2D eigenvalue weighted by atomic mass is 10.2. The summed E-state index contributed by atoms with van der Waals surface area (Å²) in [6.07, 6.45) is 3.36. The molecule has 0 spiro atoms. The maximum atomic E-state index is 12.2. The molecular weight excluding hydrogens is 312 g/mol. The van der Waals surface area contributed by atoms with Crippen molar-refractivity contribution in [2.75, 3.05) is 5.32 Å². The van der Waals surface area contributed by atoms with Crippen LogP contribution in [-0.4, -0.2) is 30.6 Å². The zero-order chi connectivity index (χ0) is 17.1. The fraction of sp³-hybridized carbons (Fsp3) is 0.0667. The molecule has 0 fully saturated rings. The van der Waals surface area contributed by atoms with Crippen molar-refractivity contribution >= 4 is 17.3 Å². The summed E-state index contributed by atoms with van der Waals surface area (Å²) in [4.78, 5) is 26.7. The summed E-state index contributed by atoms with van der Waals surface area (Å²) in [6.45, 7) is 1.82. The summed E-state index contributed by atoms with van der Waals surface area (Å²) in [5.74, 6) is 0.680. The van der Waals surface area contributed by atoms with E-state index in [1.807, 2.05) is 6.92 Å². The number of hydrogen-bond acceptors (Lipinski definition) is 6. The minimum absolute atomic E-state index is 0.0506. The molecule has 0 aliphatic heterocycles. The van der Waals surface area contributed by atoms with Gasteiger partial charge in [-0.3, -0.25) is 19.5 Å². The summed E-state index contributed by atoms with van der Waals surface area (Å²) in [5, 5.41) is 21.3. The highest BCUT2D eigenvalue weighted by Crippen LogP contribution is 2.23. The minimum Gasteiger partial charge on any atom is -0.315 e. The lowest BCUT2D eigenvalue weighted by Crippen LogP contribution is -2.16. The molecule has 3 aromatic rings. The number of hydrogen-bond donors (Lipinski definition) is 1. The number of imidazole rings is 1. The third-order valence-electron chi connectivity index (χ3n) is 3.30. The molecule has 1 amide bonds. The van der Waals surface area contributed by atoms with Gasteiger partial charge in [0, 0.05) is 18.5 Å². The Morgan fingerprint density at radius 2 is 2.00 bits per heavy atom. The average molecular weight is 324 g/mol. The fourth-order valence-electron chi connectivity index (χ4n) is 2.12. The van der Waals surface area contributed by atoms with Crippen LogP contribution < -0.4 is 5.32 Å². The molecule has 0 saturated carbocycles. The van der Waals surface area contributed by atoms with Crippen molar-refractivity contribution < 1.29 is 9.72 Å². The molecule has 3 rings (SSSR count). The molecule has 0 aliphatic rings. The van der Waals surface area contributed by atoms with Crippen LogP contribution in [0.15, 0.2) is 48.8 Å². The standard InChI is InChI=1S/C15H12N6O3/c1-10-16-8-9-20(10)14-7-6-12(18-19-14)15(22)17-11-4-2-3-5-13(11)21(23)24/h2-9H,1H3,(H,17,22). The molecule has 9 nitrogen and oxygen atoms in total. The lowest BCUT2D eigenvalue weighted by Gasteiger charge is -2.06. The lowest BCUT2D eigenvalue weighted by molar-refractivity contribution is -0.383. The largest absolute Gasteiger partial charge is 0.315 e. The van der Waals surface area contributed by atoms with E-state index in [1.54, 1.807) is 29.1 Å². The maximum absolute atomic E-state index is 12.2. The summed E-state index contributed by atoms with van der Waals surface area (Å²) >= 11 is 0. The van der Waals surface area contributed by atoms with E-state index >= 15 is 0 Å². The van der Waals surface area contributed by atoms with Crippen molar-refractivity contribution in [2.45, 2.75) is 6.92 Å². The van der Waals surface area contributed by atoms with Crippen molar-refractivity contribution in [3.05, 3.63) is 70.4 Å². The summed E-state index contributed by atoms with van der Waals surface area (Å²) in [6, 6.07) is 9.00. The molecule has 0 bridgehead atoms. The fourth-order valence-corrected chi connectivity index (χ4v) is 2.12. The normalized spacial score (nSPS) is 10.4. The molecule has 0 atom stereocenters. The van der Waals surface area contributed by atoms with Gasteiger partial charge >= 0.3 is 0 Å².